The summed E-state index contributed by atoms with van der Waals surface area (Å²) in [6, 6.07) is 8.06. The fourth-order valence-corrected chi connectivity index (χ4v) is 2.34. The number of nitrogens with two attached hydrogens (primary N) is 1. The van der Waals surface area contributed by atoms with Gasteiger partial charge in [-0.15, -0.1) is 10.2 Å². The van der Waals surface area contributed by atoms with Crippen LogP contribution in [0.4, 0.5) is 0 Å². The topological polar surface area (TPSA) is 85.8 Å². The zero-order valence-corrected chi connectivity index (χ0v) is 12.2. The number of thioether (sulfide) groups is 1. The van der Waals surface area contributed by atoms with Crippen molar-refractivity contribution < 1.29 is 4.79 Å². The molecule has 1 aromatic heterocycles. The Balaban J connectivity index is 1.85. The molecule has 0 fully saturated rings. The zero-order chi connectivity index (χ0) is 14.5. The van der Waals surface area contributed by atoms with Crippen LogP contribution >= 0.6 is 11.8 Å². The average molecular weight is 291 g/mol. The molecule has 0 spiro atoms. The van der Waals surface area contributed by atoms with E-state index in [0.29, 0.717) is 11.7 Å². The minimum atomic E-state index is -0.285. The molecule has 2 aromatic rings. The summed E-state index contributed by atoms with van der Waals surface area (Å²) in [5.41, 5.74) is 2.27. The molecule has 0 unspecified atom stereocenters. The third-order valence-corrected chi connectivity index (χ3v) is 3.85. The lowest BCUT2D eigenvalue weighted by Crippen LogP contribution is -2.30. The van der Waals surface area contributed by atoms with Crippen LogP contribution in [0.25, 0.3) is 0 Å². The number of nitrogens with zero attached hydrogens (tertiary/aromatic N) is 3. The largest absolute Gasteiger partial charge is 0.351 e. The number of nitrogens with one attached hydrogen (secondary N) is 1. The number of nitrogen functional groups attached to an aromatic ring is 1. The number of benzene rings is 1. The monoisotopic (exact) mass is 291 g/mol. The SMILES string of the molecule is Cc1ccc(CNC(=O)[C@@H](C)Sc2nncn2N)cc1. The van der Waals surface area contributed by atoms with Crippen LogP contribution < -0.4 is 11.2 Å². The Morgan fingerprint density at radius 2 is 2.15 bits per heavy atom. The highest BCUT2D eigenvalue weighted by molar-refractivity contribution is 8.00. The van der Waals surface area contributed by atoms with E-state index >= 15 is 0 Å². The Bertz CT molecular complexity index is 581. The molecule has 6 nitrogen and oxygen atoms in total. The first-order chi connectivity index (χ1) is 9.56. The number of aromatic nitrogens is 3. The number of carbonyl (C=O) groups excluding carboxylic acids is 1. The Kier molecular flexibility index (Phi) is 4.62. The predicted molar refractivity (Wildman–Crippen MR) is 78.5 cm³/mol. The summed E-state index contributed by atoms with van der Waals surface area (Å²) in [7, 11) is 0. The second kappa shape index (κ2) is 6.42. The van der Waals surface area contributed by atoms with E-state index in [2.05, 4.69) is 15.5 Å². The number of hydrogen-bond acceptors (Lipinski definition) is 5. The van der Waals surface area contributed by atoms with Crippen molar-refractivity contribution in [2.75, 3.05) is 5.84 Å². The van der Waals surface area contributed by atoms with E-state index in [1.807, 2.05) is 38.1 Å². The van der Waals surface area contributed by atoms with E-state index in [1.54, 1.807) is 0 Å². The third-order valence-electron chi connectivity index (χ3n) is 2.78. The van der Waals surface area contributed by atoms with Gasteiger partial charge in [0.2, 0.25) is 11.1 Å². The van der Waals surface area contributed by atoms with Crippen LogP contribution in [-0.2, 0) is 11.3 Å². The maximum atomic E-state index is 12.0. The summed E-state index contributed by atoms with van der Waals surface area (Å²) in [6.45, 7) is 4.35. The minimum Gasteiger partial charge on any atom is -0.351 e. The minimum absolute atomic E-state index is 0.0569. The van der Waals surface area contributed by atoms with Crippen LogP contribution in [0.5, 0.6) is 0 Å². The summed E-state index contributed by atoms with van der Waals surface area (Å²) in [5, 5.41) is 10.6. The first-order valence-corrected chi connectivity index (χ1v) is 7.09. The fraction of sp³-hybridized carbons (Fsp3) is 0.308. The van der Waals surface area contributed by atoms with Gasteiger partial charge >= 0.3 is 0 Å². The summed E-state index contributed by atoms with van der Waals surface area (Å²) in [4.78, 5) is 12.0. The van der Waals surface area contributed by atoms with Gasteiger partial charge in [-0.05, 0) is 19.4 Å². The highest BCUT2D eigenvalue weighted by Gasteiger charge is 2.16. The van der Waals surface area contributed by atoms with Crippen molar-refractivity contribution in [1.82, 2.24) is 20.2 Å². The molecule has 0 bridgehead atoms. The van der Waals surface area contributed by atoms with Gasteiger partial charge in [-0.25, -0.2) is 4.68 Å². The molecular formula is C13H17N5OS. The van der Waals surface area contributed by atoms with Crippen LogP contribution in [0.1, 0.15) is 18.1 Å². The van der Waals surface area contributed by atoms with Crippen molar-refractivity contribution in [2.45, 2.75) is 30.8 Å². The molecule has 0 aliphatic carbocycles. The van der Waals surface area contributed by atoms with E-state index in [0.717, 1.165) is 5.56 Å². The molecule has 0 saturated heterocycles. The maximum Gasteiger partial charge on any atom is 0.233 e. The summed E-state index contributed by atoms with van der Waals surface area (Å²) in [6.07, 6.45) is 1.40. The van der Waals surface area contributed by atoms with Crippen LogP contribution in [0.2, 0.25) is 0 Å². The normalized spacial score (nSPS) is 12.1. The molecular weight excluding hydrogens is 274 g/mol. The molecule has 20 heavy (non-hydrogen) atoms. The molecule has 0 saturated carbocycles. The number of aryl methyl sites for hydroxylation is 1. The molecule has 2 rings (SSSR count). The van der Waals surface area contributed by atoms with Gasteiger partial charge in [0.05, 0.1) is 5.25 Å². The molecule has 1 amide bonds. The first kappa shape index (κ1) is 14.4. The van der Waals surface area contributed by atoms with Crippen molar-refractivity contribution >= 4 is 17.7 Å². The second-order valence-corrected chi connectivity index (χ2v) is 5.79. The molecule has 1 heterocycles. The number of hydrogen-bond donors (Lipinski definition) is 2. The smallest absolute Gasteiger partial charge is 0.233 e. The fourth-order valence-electron chi connectivity index (χ4n) is 1.57. The van der Waals surface area contributed by atoms with Gasteiger partial charge in [-0.3, -0.25) is 4.79 Å². The van der Waals surface area contributed by atoms with Gasteiger partial charge in [0.15, 0.2) is 0 Å². The number of amides is 1. The van der Waals surface area contributed by atoms with Crippen molar-refractivity contribution in [3.05, 3.63) is 41.7 Å². The van der Waals surface area contributed by atoms with Gasteiger partial charge in [0.25, 0.3) is 0 Å². The predicted octanol–water partition coefficient (Wildman–Crippen LogP) is 1.10. The van der Waals surface area contributed by atoms with E-state index in [-0.39, 0.29) is 11.2 Å². The van der Waals surface area contributed by atoms with Gasteiger partial charge in [0.1, 0.15) is 6.33 Å². The van der Waals surface area contributed by atoms with Crippen LogP contribution in [0, 0.1) is 6.92 Å². The van der Waals surface area contributed by atoms with Crippen molar-refractivity contribution in [3.8, 4) is 0 Å². The van der Waals surface area contributed by atoms with Gasteiger partial charge in [-0.2, -0.15) is 0 Å². The summed E-state index contributed by atoms with van der Waals surface area (Å²) < 4.78 is 1.30. The third kappa shape index (κ3) is 3.74. The molecule has 0 aliphatic rings. The number of rotatable bonds is 5. The summed E-state index contributed by atoms with van der Waals surface area (Å²) in [5.74, 6) is 5.55. The van der Waals surface area contributed by atoms with Gasteiger partial charge < -0.3 is 11.2 Å². The van der Waals surface area contributed by atoms with E-state index in [1.165, 1.54) is 28.3 Å². The number of carbonyl (C=O) groups is 1. The molecule has 106 valence electrons. The van der Waals surface area contributed by atoms with E-state index in [4.69, 9.17) is 5.84 Å². The maximum absolute atomic E-state index is 12.0. The van der Waals surface area contributed by atoms with E-state index in [9.17, 15) is 4.79 Å². The molecule has 1 atom stereocenters. The summed E-state index contributed by atoms with van der Waals surface area (Å²) >= 11 is 1.27. The van der Waals surface area contributed by atoms with Gasteiger partial charge in [-0.1, -0.05) is 41.6 Å². The van der Waals surface area contributed by atoms with Crippen molar-refractivity contribution in [1.29, 1.82) is 0 Å². The Morgan fingerprint density at radius 1 is 1.45 bits per heavy atom. The molecule has 0 radical (unpaired) electrons. The molecule has 0 aliphatic heterocycles. The van der Waals surface area contributed by atoms with Gasteiger partial charge in [0, 0.05) is 6.54 Å². The van der Waals surface area contributed by atoms with Crippen molar-refractivity contribution in [3.63, 3.8) is 0 Å². The van der Waals surface area contributed by atoms with E-state index < -0.39 is 0 Å². The standard InChI is InChI=1S/C13H17N5OS/c1-9-3-5-11(6-4-9)7-15-12(19)10(2)20-13-17-16-8-18(13)14/h3-6,8,10H,7,14H2,1-2H3,(H,15,19)/t10-/m1/s1. The second-order valence-electron chi connectivity index (χ2n) is 4.48. The molecule has 3 N–H and O–H groups in total. The van der Waals surface area contributed by atoms with Crippen LogP contribution in [-0.4, -0.2) is 26.0 Å². The first-order valence-electron chi connectivity index (χ1n) is 6.21. The average Bonchev–Trinajstić information content (AvgIpc) is 2.83. The van der Waals surface area contributed by atoms with Crippen LogP contribution in [0.15, 0.2) is 35.7 Å². The van der Waals surface area contributed by atoms with Crippen LogP contribution in [0.3, 0.4) is 0 Å². The van der Waals surface area contributed by atoms with Crippen molar-refractivity contribution in [2.24, 2.45) is 0 Å². The lowest BCUT2D eigenvalue weighted by molar-refractivity contribution is -0.120. The molecule has 1 aromatic carbocycles. The molecule has 7 heteroatoms. The zero-order valence-electron chi connectivity index (χ0n) is 11.4. The lowest BCUT2D eigenvalue weighted by atomic mass is 10.1. The lowest BCUT2D eigenvalue weighted by Gasteiger charge is -2.11. The highest BCUT2D eigenvalue weighted by Crippen LogP contribution is 2.19. The highest BCUT2D eigenvalue weighted by atomic mass is 32.2. The Labute approximate surface area is 121 Å². The Hall–Kier alpha value is -2.02. The Morgan fingerprint density at radius 3 is 2.75 bits per heavy atom. The quantitative estimate of drug-likeness (QED) is 0.636.